The quantitative estimate of drug-likeness (QED) is 0.616. The maximum Gasteiger partial charge on any atom is 0.237 e. The molecule has 0 atom stereocenters. The van der Waals surface area contributed by atoms with Crippen molar-refractivity contribution >= 4 is 5.91 Å². The summed E-state index contributed by atoms with van der Waals surface area (Å²) in [6, 6.07) is 14.9. The first kappa shape index (κ1) is 22.4. The molecule has 1 saturated carbocycles. The third-order valence-electron chi connectivity index (χ3n) is 7.53. The van der Waals surface area contributed by atoms with Crippen molar-refractivity contribution in [3.05, 3.63) is 65.5 Å². The number of hydrogen-bond acceptors (Lipinski definition) is 4. The lowest BCUT2D eigenvalue weighted by Gasteiger charge is -2.55. The molecule has 0 bridgehead atoms. The summed E-state index contributed by atoms with van der Waals surface area (Å²) in [5.74, 6) is 1.55. The number of carbonyl (C=O) groups excluding carboxylic acids is 1. The zero-order valence-corrected chi connectivity index (χ0v) is 19.5. The molecule has 33 heavy (non-hydrogen) atoms. The number of ether oxygens (including phenoxy) is 1. The molecule has 2 heterocycles. The number of hydrogen-bond donors (Lipinski definition) is 0. The van der Waals surface area contributed by atoms with E-state index in [1.54, 1.807) is 0 Å². The van der Waals surface area contributed by atoms with Crippen molar-refractivity contribution in [1.82, 2.24) is 14.9 Å². The first-order valence-electron chi connectivity index (χ1n) is 12.2. The first-order valence-corrected chi connectivity index (χ1v) is 12.2. The van der Waals surface area contributed by atoms with Crippen LogP contribution in [0.5, 0.6) is 5.75 Å². The highest BCUT2D eigenvalue weighted by atomic mass is 19.1. The largest absolute Gasteiger partial charge is 0.493 e. The Balaban J connectivity index is 1.37. The van der Waals surface area contributed by atoms with E-state index in [-0.39, 0.29) is 17.3 Å². The summed E-state index contributed by atoms with van der Waals surface area (Å²) < 4.78 is 19.4. The highest BCUT2D eigenvalue weighted by molar-refractivity contribution is 5.76. The Morgan fingerprint density at radius 1 is 0.939 bits per heavy atom. The Labute approximate surface area is 196 Å². The van der Waals surface area contributed by atoms with Crippen LogP contribution in [-0.4, -0.2) is 53.1 Å². The molecule has 1 spiro atoms. The number of hydrazine groups is 1. The normalized spacial score (nSPS) is 21.5. The zero-order valence-electron chi connectivity index (χ0n) is 19.5. The number of nitrogens with zero attached hydrogens (tertiary/aromatic N) is 3. The second kappa shape index (κ2) is 9.43. The minimum Gasteiger partial charge on any atom is -0.493 e. The highest BCUT2D eigenvalue weighted by Gasteiger charge is 2.46. The van der Waals surface area contributed by atoms with Gasteiger partial charge in [0, 0.05) is 18.5 Å². The second-order valence-electron chi connectivity index (χ2n) is 10.1. The van der Waals surface area contributed by atoms with Crippen molar-refractivity contribution in [2.45, 2.75) is 57.2 Å². The van der Waals surface area contributed by atoms with Crippen LogP contribution in [0.1, 0.15) is 49.7 Å². The molecule has 0 radical (unpaired) electrons. The van der Waals surface area contributed by atoms with E-state index in [1.165, 1.54) is 25.0 Å². The van der Waals surface area contributed by atoms with Crippen LogP contribution in [-0.2, 0) is 17.9 Å². The molecule has 2 aromatic carbocycles. The van der Waals surface area contributed by atoms with E-state index in [0.29, 0.717) is 19.5 Å². The Bertz CT molecular complexity index is 950. The number of benzene rings is 2. The molecule has 1 aliphatic carbocycles. The van der Waals surface area contributed by atoms with E-state index >= 15 is 0 Å². The van der Waals surface area contributed by atoms with E-state index in [4.69, 9.17) is 4.74 Å². The standard InChI is InChI=1S/C27H34FN3O2/c1-29-16-14-27(15-17-29)13-12-26(32)30(31(27)19-22-4-8-24(28)9-5-22)18-21-6-10-25(11-7-21)33-20-23-2-3-23/h4-11,23H,2-3,12-20H2,1H3. The van der Waals surface area contributed by atoms with Crippen LogP contribution in [0.25, 0.3) is 0 Å². The van der Waals surface area contributed by atoms with Crippen molar-refractivity contribution in [2.75, 3.05) is 26.7 Å². The van der Waals surface area contributed by atoms with Gasteiger partial charge in [-0.2, -0.15) is 0 Å². The molecular formula is C27H34FN3O2. The average Bonchev–Trinajstić information content (AvgIpc) is 3.66. The van der Waals surface area contributed by atoms with Gasteiger partial charge in [0.15, 0.2) is 0 Å². The first-order chi connectivity index (χ1) is 16.0. The molecule has 2 aromatic rings. The minimum absolute atomic E-state index is 0.0396. The molecule has 6 heteroatoms. The van der Waals surface area contributed by atoms with E-state index in [1.807, 2.05) is 29.3 Å². The Morgan fingerprint density at radius 3 is 2.24 bits per heavy atom. The number of rotatable bonds is 7. The number of halogens is 1. The molecule has 0 N–H and O–H groups in total. The topological polar surface area (TPSA) is 36.0 Å². The molecule has 3 aliphatic rings. The van der Waals surface area contributed by atoms with Gasteiger partial charge in [-0.3, -0.25) is 9.80 Å². The predicted octanol–water partition coefficient (Wildman–Crippen LogP) is 4.62. The van der Waals surface area contributed by atoms with E-state index in [9.17, 15) is 9.18 Å². The van der Waals surface area contributed by atoms with E-state index < -0.39 is 0 Å². The van der Waals surface area contributed by atoms with Crippen molar-refractivity contribution in [3.8, 4) is 5.75 Å². The summed E-state index contributed by atoms with van der Waals surface area (Å²) in [7, 11) is 2.16. The highest BCUT2D eigenvalue weighted by Crippen LogP contribution is 2.40. The lowest BCUT2D eigenvalue weighted by atomic mass is 9.80. The molecular weight excluding hydrogens is 417 g/mol. The number of carbonyl (C=O) groups is 1. The third-order valence-corrected chi connectivity index (χ3v) is 7.53. The summed E-state index contributed by atoms with van der Waals surface area (Å²) in [4.78, 5) is 15.5. The summed E-state index contributed by atoms with van der Waals surface area (Å²) in [5, 5.41) is 4.26. The van der Waals surface area contributed by atoms with Gasteiger partial charge < -0.3 is 9.64 Å². The van der Waals surface area contributed by atoms with Gasteiger partial charge >= 0.3 is 0 Å². The SMILES string of the molecule is CN1CCC2(CCC(=O)N(Cc3ccc(OCC4CC4)cc3)N2Cc2ccc(F)cc2)CC1. The molecule has 0 unspecified atom stereocenters. The summed E-state index contributed by atoms with van der Waals surface area (Å²) in [6.45, 7) is 4.00. The van der Waals surface area contributed by atoms with Crippen LogP contribution >= 0.6 is 0 Å². The summed E-state index contributed by atoms with van der Waals surface area (Å²) in [6.07, 6.45) is 6.07. The molecule has 1 amide bonds. The second-order valence-corrected chi connectivity index (χ2v) is 10.1. The zero-order chi connectivity index (χ0) is 22.8. The van der Waals surface area contributed by atoms with Gasteiger partial charge in [-0.15, -0.1) is 0 Å². The molecule has 0 aromatic heterocycles. The maximum absolute atomic E-state index is 13.5. The molecule has 5 rings (SSSR count). The van der Waals surface area contributed by atoms with Gasteiger partial charge in [0.1, 0.15) is 11.6 Å². The predicted molar refractivity (Wildman–Crippen MR) is 126 cm³/mol. The van der Waals surface area contributed by atoms with Crippen LogP contribution in [0.3, 0.4) is 0 Å². The average molecular weight is 452 g/mol. The molecule has 2 aliphatic heterocycles. The van der Waals surface area contributed by atoms with Crippen molar-refractivity contribution < 1.29 is 13.9 Å². The minimum atomic E-state index is -0.233. The Morgan fingerprint density at radius 2 is 1.58 bits per heavy atom. The monoisotopic (exact) mass is 451 g/mol. The molecule has 176 valence electrons. The van der Waals surface area contributed by atoms with Gasteiger partial charge in [0.2, 0.25) is 5.91 Å². The van der Waals surface area contributed by atoms with Crippen LogP contribution in [0.4, 0.5) is 4.39 Å². The van der Waals surface area contributed by atoms with Gasteiger partial charge in [-0.05, 0) is 93.6 Å². The van der Waals surface area contributed by atoms with E-state index in [2.05, 4.69) is 29.1 Å². The van der Waals surface area contributed by atoms with Crippen LogP contribution in [0.2, 0.25) is 0 Å². The summed E-state index contributed by atoms with van der Waals surface area (Å²) in [5.41, 5.74) is 2.08. The number of piperidine rings is 1. The Hall–Kier alpha value is -2.44. The fourth-order valence-corrected chi connectivity index (χ4v) is 5.08. The molecule has 2 saturated heterocycles. The van der Waals surface area contributed by atoms with Gasteiger partial charge in [0.05, 0.1) is 13.2 Å². The third kappa shape index (κ3) is 5.22. The lowest BCUT2D eigenvalue weighted by molar-refractivity contribution is -0.191. The van der Waals surface area contributed by atoms with Crippen molar-refractivity contribution in [2.24, 2.45) is 5.92 Å². The van der Waals surface area contributed by atoms with Gasteiger partial charge in [-0.1, -0.05) is 24.3 Å². The molecule has 3 fully saturated rings. The van der Waals surface area contributed by atoms with Crippen molar-refractivity contribution in [3.63, 3.8) is 0 Å². The van der Waals surface area contributed by atoms with Gasteiger partial charge in [0.25, 0.3) is 0 Å². The van der Waals surface area contributed by atoms with Gasteiger partial charge in [-0.25, -0.2) is 9.40 Å². The number of likely N-dealkylation sites (tertiary alicyclic amines) is 1. The van der Waals surface area contributed by atoms with E-state index in [0.717, 1.165) is 61.8 Å². The molecule has 5 nitrogen and oxygen atoms in total. The smallest absolute Gasteiger partial charge is 0.237 e. The Kier molecular flexibility index (Phi) is 6.39. The van der Waals surface area contributed by atoms with Crippen LogP contribution < -0.4 is 4.74 Å². The number of amides is 1. The van der Waals surface area contributed by atoms with Crippen molar-refractivity contribution in [1.29, 1.82) is 0 Å². The van der Waals surface area contributed by atoms with Crippen LogP contribution in [0.15, 0.2) is 48.5 Å². The maximum atomic E-state index is 13.5. The summed E-state index contributed by atoms with van der Waals surface area (Å²) >= 11 is 0. The lowest BCUT2D eigenvalue weighted by Crippen LogP contribution is -2.64. The fourth-order valence-electron chi connectivity index (χ4n) is 5.08. The fraction of sp³-hybridized carbons (Fsp3) is 0.519. The van der Waals surface area contributed by atoms with Crippen LogP contribution in [0, 0.1) is 11.7 Å².